The molecule has 0 aliphatic rings. The minimum absolute atomic E-state index is 0.662. The quantitative estimate of drug-likeness (QED) is 0.776. The topological polar surface area (TPSA) is 51.0 Å². The van der Waals surface area contributed by atoms with Gasteiger partial charge in [-0.3, -0.25) is 0 Å². The maximum Gasteiger partial charge on any atom is 0.165 e. The zero-order chi connectivity index (χ0) is 13.4. The number of aromatic nitrogens is 2. The van der Waals surface area contributed by atoms with Gasteiger partial charge in [-0.1, -0.05) is 18.2 Å². The molecule has 3 rings (SSSR count). The fourth-order valence-electron chi connectivity index (χ4n) is 2.00. The van der Waals surface area contributed by atoms with Crippen molar-refractivity contribution in [3.63, 3.8) is 0 Å². The van der Waals surface area contributed by atoms with Gasteiger partial charge in [0.25, 0.3) is 0 Å². The highest BCUT2D eigenvalue weighted by atomic mass is 79.9. The van der Waals surface area contributed by atoms with Crippen LogP contribution in [-0.2, 0) is 0 Å². The van der Waals surface area contributed by atoms with Crippen LogP contribution in [0.4, 0.5) is 5.82 Å². The highest BCUT2D eigenvalue weighted by Gasteiger charge is 2.14. The Hall–Kier alpha value is -1.88. The summed E-state index contributed by atoms with van der Waals surface area (Å²) in [6.07, 6.45) is 1.70. The van der Waals surface area contributed by atoms with Gasteiger partial charge < -0.3 is 9.73 Å². The molecule has 0 amide bonds. The van der Waals surface area contributed by atoms with Crippen LogP contribution in [0.15, 0.2) is 39.4 Å². The molecule has 0 radical (unpaired) electrons. The molecule has 3 aromatic rings. The zero-order valence-electron chi connectivity index (χ0n) is 10.6. The van der Waals surface area contributed by atoms with Crippen LogP contribution < -0.4 is 5.32 Å². The second kappa shape index (κ2) is 4.66. The molecule has 0 aliphatic heterocycles. The lowest BCUT2D eigenvalue weighted by atomic mass is 10.1. The molecule has 0 atom stereocenters. The third-order valence-electron chi connectivity index (χ3n) is 2.98. The Labute approximate surface area is 119 Å². The van der Waals surface area contributed by atoms with Crippen LogP contribution in [-0.4, -0.2) is 17.0 Å². The van der Waals surface area contributed by atoms with Gasteiger partial charge >= 0.3 is 0 Å². The molecule has 19 heavy (non-hydrogen) atoms. The summed E-state index contributed by atoms with van der Waals surface area (Å²) in [6, 6.07) is 7.87. The van der Waals surface area contributed by atoms with Crippen molar-refractivity contribution >= 4 is 32.7 Å². The van der Waals surface area contributed by atoms with E-state index in [-0.39, 0.29) is 0 Å². The number of nitrogens with one attached hydrogen (secondary N) is 1. The van der Waals surface area contributed by atoms with Gasteiger partial charge in [0.05, 0.1) is 15.7 Å². The predicted molar refractivity (Wildman–Crippen MR) is 79.2 cm³/mol. The van der Waals surface area contributed by atoms with E-state index in [1.54, 1.807) is 6.26 Å². The number of para-hydroxylation sites is 1. The van der Waals surface area contributed by atoms with E-state index >= 15 is 0 Å². The molecular weight excluding hydrogens is 306 g/mol. The summed E-state index contributed by atoms with van der Waals surface area (Å²) in [7, 11) is 1.84. The van der Waals surface area contributed by atoms with E-state index in [4.69, 9.17) is 4.42 Å². The van der Waals surface area contributed by atoms with Crippen LogP contribution in [0.3, 0.4) is 0 Å². The van der Waals surface area contributed by atoms with Crippen molar-refractivity contribution in [2.45, 2.75) is 6.92 Å². The maximum absolute atomic E-state index is 5.53. The third-order valence-corrected chi connectivity index (χ3v) is 3.92. The molecule has 0 bridgehead atoms. The van der Waals surface area contributed by atoms with Gasteiger partial charge in [-0.15, -0.1) is 0 Å². The van der Waals surface area contributed by atoms with Gasteiger partial charge in [0.15, 0.2) is 5.82 Å². The summed E-state index contributed by atoms with van der Waals surface area (Å²) in [5, 5.41) is 4.08. The number of furan rings is 1. The number of benzene rings is 1. The van der Waals surface area contributed by atoms with E-state index in [0.29, 0.717) is 5.82 Å². The molecule has 0 aliphatic carbocycles. The molecule has 4 nitrogen and oxygen atoms in total. The summed E-state index contributed by atoms with van der Waals surface area (Å²) in [5.41, 5.74) is 2.63. The van der Waals surface area contributed by atoms with Crippen LogP contribution in [0.25, 0.3) is 22.4 Å². The molecule has 0 fully saturated rings. The SMILES string of the molecule is CNc1nc(-c2coc3ccccc23)nc(C)c1Br. The number of aryl methyl sites for hydroxylation is 1. The third kappa shape index (κ3) is 2.00. The minimum Gasteiger partial charge on any atom is -0.464 e. The first-order valence-electron chi connectivity index (χ1n) is 5.89. The first-order valence-corrected chi connectivity index (χ1v) is 6.68. The van der Waals surface area contributed by atoms with E-state index in [1.165, 1.54) is 0 Å². The molecule has 1 N–H and O–H groups in total. The summed E-state index contributed by atoms with van der Waals surface area (Å²) < 4.78 is 6.42. The average Bonchev–Trinajstić information content (AvgIpc) is 2.85. The van der Waals surface area contributed by atoms with Crippen molar-refractivity contribution in [2.24, 2.45) is 0 Å². The Kier molecular flexibility index (Phi) is 2.98. The molecule has 0 saturated carbocycles. The summed E-state index contributed by atoms with van der Waals surface area (Å²) in [4.78, 5) is 9.03. The largest absolute Gasteiger partial charge is 0.464 e. The van der Waals surface area contributed by atoms with Crippen molar-refractivity contribution < 1.29 is 4.42 Å². The molecule has 0 saturated heterocycles. The Morgan fingerprint density at radius 1 is 1.21 bits per heavy atom. The lowest BCUT2D eigenvalue weighted by Gasteiger charge is -2.07. The van der Waals surface area contributed by atoms with Crippen LogP contribution in [0, 0.1) is 6.92 Å². The summed E-state index contributed by atoms with van der Waals surface area (Å²) in [6.45, 7) is 1.94. The lowest BCUT2D eigenvalue weighted by molar-refractivity contribution is 0.616. The Balaban J connectivity index is 2.24. The van der Waals surface area contributed by atoms with Crippen LogP contribution in [0.1, 0.15) is 5.69 Å². The molecule has 0 unspecified atom stereocenters. The van der Waals surface area contributed by atoms with Gasteiger partial charge in [-0.2, -0.15) is 0 Å². The lowest BCUT2D eigenvalue weighted by Crippen LogP contribution is -2.00. The Morgan fingerprint density at radius 3 is 2.79 bits per heavy atom. The molecule has 96 valence electrons. The van der Waals surface area contributed by atoms with E-state index in [0.717, 1.165) is 32.5 Å². The number of fused-ring (bicyclic) bond motifs is 1. The van der Waals surface area contributed by atoms with Crippen molar-refractivity contribution in [2.75, 3.05) is 12.4 Å². The number of rotatable bonds is 2. The van der Waals surface area contributed by atoms with Crippen molar-refractivity contribution in [1.29, 1.82) is 0 Å². The van der Waals surface area contributed by atoms with Gasteiger partial charge in [-0.05, 0) is 28.9 Å². The van der Waals surface area contributed by atoms with Crippen molar-refractivity contribution in [3.8, 4) is 11.4 Å². The van der Waals surface area contributed by atoms with Gasteiger partial charge in [-0.25, -0.2) is 9.97 Å². The minimum atomic E-state index is 0.662. The second-order valence-corrected chi connectivity index (χ2v) is 4.98. The molecular formula is C14H12BrN3O. The monoisotopic (exact) mass is 317 g/mol. The highest BCUT2D eigenvalue weighted by Crippen LogP contribution is 2.31. The average molecular weight is 318 g/mol. The fourth-order valence-corrected chi connectivity index (χ4v) is 2.37. The first kappa shape index (κ1) is 12.2. The second-order valence-electron chi connectivity index (χ2n) is 4.19. The summed E-state index contributed by atoms with van der Waals surface area (Å²) >= 11 is 3.48. The summed E-state index contributed by atoms with van der Waals surface area (Å²) in [5.74, 6) is 1.43. The number of halogens is 1. The molecule has 2 aromatic heterocycles. The van der Waals surface area contributed by atoms with Crippen molar-refractivity contribution in [1.82, 2.24) is 9.97 Å². The molecule has 2 heterocycles. The first-order chi connectivity index (χ1) is 9.20. The fraction of sp³-hybridized carbons (Fsp3) is 0.143. The molecule has 1 aromatic carbocycles. The maximum atomic E-state index is 5.53. The van der Waals surface area contributed by atoms with Crippen LogP contribution in [0.2, 0.25) is 0 Å². The molecule has 5 heteroatoms. The van der Waals surface area contributed by atoms with E-state index in [1.807, 2.05) is 38.2 Å². The van der Waals surface area contributed by atoms with Gasteiger partial charge in [0, 0.05) is 12.4 Å². The van der Waals surface area contributed by atoms with E-state index < -0.39 is 0 Å². The smallest absolute Gasteiger partial charge is 0.165 e. The number of nitrogens with zero attached hydrogens (tertiary/aromatic N) is 2. The number of hydrogen-bond donors (Lipinski definition) is 1. The normalized spacial score (nSPS) is 10.9. The zero-order valence-corrected chi connectivity index (χ0v) is 12.2. The number of hydrogen-bond acceptors (Lipinski definition) is 4. The Bertz CT molecular complexity index is 752. The van der Waals surface area contributed by atoms with E-state index in [9.17, 15) is 0 Å². The van der Waals surface area contributed by atoms with Crippen molar-refractivity contribution in [3.05, 3.63) is 40.7 Å². The Morgan fingerprint density at radius 2 is 2.00 bits per heavy atom. The van der Waals surface area contributed by atoms with Crippen LogP contribution >= 0.6 is 15.9 Å². The molecule has 0 spiro atoms. The highest BCUT2D eigenvalue weighted by molar-refractivity contribution is 9.10. The predicted octanol–water partition coefficient (Wildman–Crippen LogP) is 4.00. The van der Waals surface area contributed by atoms with Crippen LogP contribution in [0.5, 0.6) is 0 Å². The van der Waals surface area contributed by atoms with Gasteiger partial charge in [0.2, 0.25) is 0 Å². The number of anilines is 1. The van der Waals surface area contributed by atoms with Gasteiger partial charge in [0.1, 0.15) is 17.7 Å². The van der Waals surface area contributed by atoms with E-state index in [2.05, 4.69) is 31.2 Å². The standard InChI is InChI=1S/C14H12BrN3O/c1-8-12(15)14(16-2)18-13(17-8)10-7-19-11-6-4-3-5-9(10)11/h3-7H,1-2H3,(H,16,17,18).